The molecule has 2 aromatic carbocycles. The van der Waals surface area contributed by atoms with E-state index >= 15 is 0 Å². The third kappa shape index (κ3) is 4.65. The number of halogens is 2. The molecule has 150 valence electrons. The van der Waals surface area contributed by atoms with E-state index in [1.165, 1.54) is 18.0 Å². The average Bonchev–Trinajstić information content (AvgIpc) is 2.67. The largest absolute Gasteiger partial charge is 0.493 e. The lowest BCUT2D eigenvalue weighted by molar-refractivity contribution is -0.139. The van der Waals surface area contributed by atoms with Gasteiger partial charge in [0.1, 0.15) is 5.82 Å². The van der Waals surface area contributed by atoms with Gasteiger partial charge < -0.3 is 14.6 Å². The third-order valence-electron chi connectivity index (χ3n) is 3.88. The molecule has 1 aromatic heterocycles. The number of benzene rings is 2. The van der Waals surface area contributed by atoms with Gasteiger partial charge in [0.05, 0.1) is 28.7 Å². The van der Waals surface area contributed by atoms with Gasteiger partial charge in [0, 0.05) is 4.47 Å². The second kappa shape index (κ2) is 8.75. The predicted octanol–water partition coefficient (Wildman–Crippen LogP) is 3.58. The summed E-state index contributed by atoms with van der Waals surface area (Å²) in [6.45, 7) is 1.19. The fourth-order valence-corrected chi connectivity index (χ4v) is 3.54. The summed E-state index contributed by atoms with van der Waals surface area (Å²) in [5, 5.41) is 13.5. The first-order chi connectivity index (χ1) is 13.8. The first-order valence-electron chi connectivity index (χ1n) is 8.25. The normalized spacial score (nSPS) is 11.2. The van der Waals surface area contributed by atoms with Crippen LogP contribution in [-0.2, 0) is 4.79 Å². The zero-order chi connectivity index (χ0) is 21.1. The maximum absolute atomic E-state index is 12.8. The standard InChI is InChI=1S/C19H15Br2N3O5/c1-10-23-15-4-3-12(20)7-13(15)19(27)24(10)22-8-11-5-14(21)18(16(6-11)28-2)29-9-17(25)26/h3-8H,9H2,1-2H3,(H,25,26). The van der Waals surface area contributed by atoms with Crippen LogP contribution in [0.1, 0.15) is 11.4 Å². The molecule has 1 heterocycles. The van der Waals surface area contributed by atoms with Crippen LogP contribution in [0, 0.1) is 6.92 Å². The summed E-state index contributed by atoms with van der Waals surface area (Å²) in [6.07, 6.45) is 1.48. The van der Waals surface area contributed by atoms with Gasteiger partial charge in [-0.1, -0.05) is 15.9 Å². The average molecular weight is 525 g/mol. The van der Waals surface area contributed by atoms with E-state index in [-0.39, 0.29) is 11.3 Å². The highest BCUT2D eigenvalue weighted by molar-refractivity contribution is 9.10. The number of hydrogen-bond acceptors (Lipinski definition) is 6. The Morgan fingerprint density at radius 1 is 1.31 bits per heavy atom. The van der Waals surface area contributed by atoms with E-state index in [0.29, 0.717) is 32.5 Å². The number of nitrogens with zero attached hydrogens (tertiary/aromatic N) is 3. The van der Waals surface area contributed by atoms with E-state index in [0.717, 1.165) is 4.47 Å². The van der Waals surface area contributed by atoms with Gasteiger partial charge in [-0.2, -0.15) is 9.78 Å². The van der Waals surface area contributed by atoms with Gasteiger partial charge in [-0.25, -0.2) is 9.78 Å². The number of carboxylic acids is 1. The number of rotatable bonds is 6. The molecule has 29 heavy (non-hydrogen) atoms. The number of hydrogen-bond donors (Lipinski definition) is 1. The molecule has 0 atom stereocenters. The minimum absolute atomic E-state index is 0.262. The highest BCUT2D eigenvalue weighted by Gasteiger charge is 2.13. The van der Waals surface area contributed by atoms with Crippen molar-refractivity contribution in [1.29, 1.82) is 0 Å². The Bertz CT molecular complexity index is 1190. The van der Waals surface area contributed by atoms with Crippen LogP contribution >= 0.6 is 31.9 Å². The summed E-state index contributed by atoms with van der Waals surface area (Å²) in [5.74, 6) is -0.0762. The molecule has 0 saturated heterocycles. The lowest BCUT2D eigenvalue weighted by Gasteiger charge is -2.12. The van der Waals surface area contributed by atoms with Crippen LogP contribution in [0.5, 0.6) is 11.5 Å². The monoisotopic (exact) mass is 523 g/mol. The fraction of sp³-hybridized carbons (Fsp3) is 0.158. The Balaban J connectivity index is 2.01. The molecule has 0 spiro atoms. The molecule has 8 nitrogen and oxygen atoms in total. The quantitative estimate of drug-likeness (QED) is 0.494. The van der Waals surface area contributed by atoms with E-state index in [9.17, 15) is 9.59 Å². The van der Waals surface area contributed by atoms with Gasteiger partial charge in [-0.3, -0.25) is 4.79 Å². The highest BCUT2D eigenvalue weighted by Crippen LogP contribution is 2.36. The van der Waals surface area contributed by atoms with E-state index in [2.05, 4.69) is 41.9 Å². The van der Waals surface area contributed by atoms with Crippen molar-refractivity contribution in [2.45, 2.75) is 6.92 Å². The van der Waals surface area contributed by atoms with Crippen molar-refractivity contribution in [3.8, 4) is 11.5 Å². The molecule has 0 amide bonds. The van der Waals surface area contributed by atoms with Crippen molar-refractivity contribution in [3.63, 3.8) is 0 Å². The number of aromatic nitrogens is 2. The number of carbonyl (C=O) groups is 1. The Labute approximate surface area is 182 Å². The summed E-state index contributed by atoms with van der Waals surface area (Å²) >= 11 is 6.69. The molecule has 3 rings (SSSR count). The van der Waals surface area contributed by atoms with Gasteiger partial charge in [0.15, 0.2) is 18.1 Å². The summed E-state index contributed by atoms with van der Waals surface area (Å²) in [7, 11) is 1.44. The van der Waals surface area contributed by atoms with E-state index in [1.54, 1.807) is 31.2 Å². The van der Waals surface area contributed by atoms with E-state index < -0.39 is 12.6 Å². The van der Waals surface area contributed by atoms with Crippen molar-refractivity contribution < 1.29 is 19.4 Å². The SMILES string of the molecule is COc1cc(C=Nn2c(C)nc3ccc(Br)cc3c2=O)cc(Br)c1OCC(=O)O. The van der Waals surface area contributed by atoms with Gasteiger partial charge in [0.25, 0.3) is 5.56 Å². The smallest absolute Gasteiger partial charge is 0.341 e. The molecule has 0 unspecified atom stereocenters. The van der Waals surface area contributed by atoms with Gasteiger partial charge in [-0.15, -0.1) is 0 Å². The molecule has 3 aromatic rings. The van der Waals surface area contributed by atoms with Crippen LogP contribution in [0.4, 0.5) is 0 Å². The Morgan fingerprint density at radius 3 is 2.76 bits per heavy atom. The maximum Gasteiger partial charge on any atom is 0.341 e. The molecule has 0 fully saturated rings. The van der Waals surface area contributed by atoms with E-state index in [1.807, 2.05) is 6.07 Å². The van der Waals surface area contributed by atoms with Crippen molar-refractivity contribution in [1.82, 2.24) is 9.66 Å². The minimum atomic E-state index is -1.10. The molecule has 1 N–H and O–H groups in total. The number of ether oxygens (including phenoxy) is 2. The number of fused-ring (bicyclic) bond motifs is 1. The predicted molar refractivity (Wildman–Crippen MR) is 115 cm³/mol. The minimum Gasteiger partial charge on any atom is -0.493 e. The summed E-state index contributed by atoms with van der Waals surface area (Å²) in [6, 6.07) is 8.58. The molecule has 0 aliphatic heterocycles. The lowest BCUT2D eigenvalue weighted by atomic mass is 10.2. The zero-order valence-electron chi connectivity index (χ0n) is 15.3. The van der Waals surface area contributed by atoms with Crippen LogP contribution < -0.4 is 15.0 Å². The third-order valence-corrected chi connectivity index (χ3v) is 4.97. The van der Waals surface area contributed by atoms with Crippen molar-refractivity contribution in [2.75, 3.05) is 13.7 Å². The first kappa shape index (κ1) is 21.0. The highest BCUT2D eigenvalue weighted by atomic mass is 79.9. The van der Waals surface area contributed by atoms with E-state index in [4.69, 9.17) is 14.6 Å². The maximum atomic E-state index is 12.8. The molecule has 0 saturated carbocycles. The summed E-state index contributed by atoms with van der Waals surface area (Å²) in [5.41, 5.74) is 0.904. The Kier molecular flexibility index (Phi) is 6.33. The molecule has 0 bridgehead atoms. The zero-order valence-corrected chi connectivity index (χ0v) is 18.5. The van der Waals surface area contributed by atoms with Gasteiger partial charge in [-0.05, 0) is 58.7 Å². The Morgan fingerprint density at radius 2 is 2.07 bits per heavy atom. The summed E-state index contributed by atoms with van der Waals surface area (Å²) in [4.78, 5) is 28.0. The number of methoxy groups -OCH3 is 1. The molecule has 10 heteroatoms. The van der Waals surface area contributed by atoms with Crippen LogP contribution in [0.25, 0.3) is 10.9 Å². The van der Waals surface area contributed by atoms with Crippen molar-refractivity contribution in [2.24, 2.45) is 5.10 Å². The van der Waals surface area contributed by atoms with Crippen LogP contribution in [0.2, 0.25) is 0 Å². The first-order valence-corrected chi connectivity index (χ1v) is 9.84. The van der Waals surface area contributed by atoms with Crippen LogP contribution in [-0.4, -0.2) is 40.7 Å². The molecular formula is C19H15Br2N3O5. The van der Waals surface area contributed by atoms with Gasteiger partial charge in [0.2, 0.25) is 0 Å². The van der Waals surface area contributed by atoms with Crippen molar-refractivity contribution in [3.05, 3.63) is 61.0 Å². The Hall–Kier alpha value is -2.72. The molecule has 0 aliphatic rings. The van der Waals surface area contributed by atoms with Crippen LogP contribution in [0.3, 0.4) is 0 Å². The van der Waals surface area contributed by atoms with Crippen molar-refractivity contribution >= 4 is 54.9 Å². The number of aliphatic carboxylic acids is 1. The fourth-order valence-electron chi connectivity index (χ4n) is 2.61. The topological polar surface area (TPSA) is 103 Å². The lowest BCUT2D eigenvalue weighted by Crippen LogP contribution is -2.20. The second-order valence-corrected chi connectivity index (χ2v) is 7.67. The number of aryl methyl sites for hydroxylation is 1. The second-order valence-electron chi connectivity index (χ2n) is 5.90. The number of carboxylic acid groups (broad SMARTS) is 1. The van der Waals surface area contributed by atoms with Gasteiger partial charge >= 0.3 is 5.97 Å². The van der Waals surface area contributed by atoms with Crippen LogP contribution in [0.15, 0.2) is 49.2 Å². The molecular weight excluding hydrogens is 510 g/mol. The molecule has 0 aliphatic carbocycles. The molecule has 0 radical (unpaired) electrons. The summed E-state index contributed by atoms with van der Waals surface area (Å²) < 4.78 is 13.0.